The van der Waals surface area contributed by atoms with Gasteiger partial charge >= 0.3 is 0 Å². The quantitative estimate of drug-likeness (QED) is 0.741. The molecule has 124 valence electrons. The highest BCUT2D eigenvalue weighted by molar-refractivity contribution is 5.92. The summed E-state index contributed by atoms with van der Waals surface area (Å²) in [4.78, 5) is 14.8. The molecule has 0 saturated carbocycles. The molecule has 0 saturated heterocycles. The lowest BCUT2D eigenvalue weighted by Gasteiger charge is -2.36. The van der Waals surface area contributed by atoms with Gasteiger partial charge in [-0.3, -0.25) is 9.48 Å². The topological polar surface area (TPSA) is 56.2 Å². The monoisotopic (exact) mass is 324 g/mol. The second-order valence-corrected chi connectivity index (χ2v) is 6.02. The largest absolute Gasteiger partial charge is 0.454 e. The Morgan fingerprint density at radius 2 is 2.17 bits per heavy atom. The van der Waals surface area contributed by atoms with Crippen LogP contribution in [0.1, 0.15) is 41.4 Å². The summed E-state index contributed by atoms with van der Waals surface area (Å²) in [6, 6.07) is 9.72. The first-order valence-electron chi connectivity index (χ1n) is 8.28. The first-order valence-corrected chi connectivity index (χ1v) is 8.28. The van der Waals surface area contributed by atoms with E-state index in [4.69, 9.17) is 4.42 Å². The van der Waals surface area contributed by atoms with Gasteiger partial charge in [0.15, 0.2) is 5.76 Å². The lowest BCUT2D eigenvalue weighted by molar-refractivity contribution is 0.0583. The van der Waals surface area contributed by atoms with Gasteiger partial charge in [-0.2, -0.15) is 5.10 Å². The molecule has 1 amide bonds. The van der Waals surface area contributed by atoms with E-state index in [-0.39, 0.29) is 11.9 Å². The minimum Gasteiger partial charge on any atom is -0.454 e. The van der Waals surface area contributed by atoms with Crippen LogP contribution in [0, 0.1) is 0 Å². The lowest BCUT2D eigenvalue weighted by Crippen LogP contribution is -2.41. The van der Waals surface area contributed by atoms with Gasteiger partial charge in [0.25, 0.3) is 5.91 Å². The number of hydrogen-bond donors (Lipinski definition) is 0. The fraction of sp³-hybridized carbons (Fsp3) is 0.333. The van der Waals surface area contributed by atoms with Gasteiger partial charge in [-0.15, -0.1) is 0 Å². The molecular weight excluding hydrogens is 304 g/mol. The average Bonchev–Trinajstić information content (AvgIpc) is 3.34. The highest BCUT2D eigenvalue weighted by Gasteiger charge is 2.31. The van der Waals surface area contributed by atoms with Crippen LogP contribution in [0.2, 0.25) is 0 Å². The Labute approximate surface area is 140 Å². The summed E-state index contributed by atoms with van der Waals surface area (Å²) in [5, 5.41) is 4.16. The molecule has 0 aromatic carbocycles. The van der Waals surface area contributed by atoms with Gasteiger partial charge in [-0.25, -0.2) is 0 Å². The molecule has 24 heavy (non-hydrogen) atoms. The predicted octanol–water partition coefficient (Wildman–Crippen LogP) is 2.93. The number of furan rings is 1. The molecule has 0 N–H and O–H groups in total. The maximum Gasteiger partial charge on any atom is 0.290 e. The number of nitrogens with zero attached hydrogens (tertiary/aromatic N) is 4. The van der Waals surface area contributed by atoms with Gasteiger partial charge in [0.05, 0.1) is 12.6 Å². The van der Waals surface area contributed by atoms with Crippen LogP contribution in [0.5, 0.6) is 0 Å². The Balaban J connectivity index is 1.54. The maximum absolute atomic E-state index is 12.9. The van der Waals surface area contributed by atoms with E-state index < -0.39 is 0 Å². The molecule has 4 heterocycles. The fourth-order valence-electron chi connectivity index (χ4n) is 3.41. The summed E-state index contributed by atoms with van der Waals surface area (Å²) in [7, 11) is 0. The number of rotatable bonds is 4. The van der Waals surface area contributed by atoms with E-state index >= 15 is 0 Å². The number of amides is 1. The highest BCUT2D eigenvalue weighted by Crippen LogP contribution is 2.30. The Hall–Kier alpha value is -2.76. The van der Waals surface area contributed by atoms with Crippen LogP contribution in [0.25, 0.3) is 0 Å². The Morgan fingerprint density at radius 1 is 1.25 bits per heavy atom. The molecule has 3 aromatic heterocycles. The van der Waals surface area contributed by atoms with Crippen LogP contribution in [-0.2, 0) is 13.1 Å². The van der Waals surface area contributed by atoms with Crippen LogP contribution in [0.3, 0.4) is 0 Å². The first kappa shape index (κ1) is 14.8. The molecule has 3 aromatic rings. The molecule has 4 rings (SSSR count). The molecule has 0 radical (unpaired) electrons. The number of carbonyl (C=O) groups is 1. The van der Waals surface area contributed by atoms with Crippen molar-refractivity contribution in [2.45, 2.75) is 32.5 Å². The van der Waals surface area contributed by atoms with Crippen molar-refractivity contribution in [2.24, 2.45) is 0 Å². The number of aromatic nitrogens is 3. The third-order valence-electron chi connectivity index (χ3n) is 4.56. The molecule has 0 spiro atoms. The van der Waals surface area contributed by atoms with Crippen LogP contribution in [0.15, 0.2) is 53.3 Å². The van der Waals surface area contributed by atoms with Crippen molar-refractivity contribution in [3.8, 4) is 0 Å². The second kappa shape index (κ2) is 6.03. The van der Waals surface area contributed by atoms with Crippen molar-refractivity contribution >= 4 is 5.91 Å². The number of fused-ring (bicyclic) bond motifs is 1. The van der Waals surface area contributed by atoms with E-state index in [9.17, 15) is 4.79 Å². The molecule has 0 fully saturated rings. The van der Waals surface area contributed by atoms with Gasteiger partial charge in [0.1, 0.15) is 5.76 Å². The van der Waals surface area contributed by atoms with Crippen molar-refractivity contribution in [1.82, 2.24) is 19.2 Å². The van der Waals surface area contributed by atoms with Gasteiger partial charge in [0, 0.05) is 37.4 Å². The summed E-state index contributed by atoms with van der Waals surface area (Å²) >= 11 is 0. The summed E-state index contributed by atoms with van der Waals surface area (Å²) in [5.41, 5.74) is 1.19. The Morgan fingerprint density at radius 3 is 2.96 bits per heavy atom. The minimum atomic E-state index is -0.0407. The zero-order valence-corrected chi connectivity index (χ0v) is 13.6. The number of hydrogen-bond acceptors (Lipinski definition) is 3. The van der Waals surface area contributed by atoms with Crippen LogP contribution in [0.4, 0.5) is 0 Å². The molecule has 0 unspecified atom stereocenters. The van der Waals surface area contributed by atoms with Crippen molar-refractivity contribution < 1.29 is 9.21 Å². The molecule has 6 nitrogen and oxygen atoms in total. The summed E-state index contributed by atoms with van der Waals surface area (Å²) in [6.07, 6.45) is 6.56. The van der Waals surface area contributed by atoms with Gasteiger partial charge in [-0.1, -0.05) is 6.92 Å². The summed E-state index contributed by atoms with van der Waals surface area (Å²) < 4.78 is 9.77. The van der Waals surface area contributed by atoms with E-state index in [1.807, 2.05) is 29.3 Å². The van der Waals surface area contributed by atoms with Gasteiger partial charge in [0.2, 0.25) is 0 Å². The SMILES string of the molecule is CC[C@H]1c2cccn2CCN1C(=O)c1ccc(Cn2cccn2)o1. The Bertz CT molecular complexity index is 831. The van der Waals surface area contributed by atoms with E-state index in [1.165, 1.54) is 5.69 Å². The van der Waals surface area contributed by atoms with Crippen molar-refractivity contribution in [2.75, 3.05) is 6.54 Å². The molecule has 0 bridgehead atoms. The van der Waals surface area contributed by atoms with Crippen molar-refractivity contribution in [1.29, 1.82) is 0 Å². The summed E-state index contributed by atoms with van der Waals surface area (Å²) in [5.74, 6) is 1.09. The molecular formula is C18H20N4O2. The van der Waals surface area contributed by atoms with Crippen LogP contribution in [-0.4, -0.2) is 31.7 Å². The van der Waals surface area contributed by atoms with Gasteiger partial charge in [-0.05, 0) is 36.8 Å². The van der Waals surface area contributed by atoms with Crippen molar-refractivity contribution in [3.63, 3.8) is 0 Å². The Kier molecular flexibility index (Phi) is 3.72. The smallest absolute Gasteiger partial charge is 0.290 e. The third-order valence-corrected chi connectivity index (χ3v) is 4.56. The predicted molar refractivity (Wildman–Crippen MR) is 88.5 cm³/mol. The average molecular weight is 324 g/mol. The second-order valence-electron chi connectivity index (χ2n) is 6.02. The lowest BCUT2D eigenvalue weighted by atomic mass is 10.1. The minimum absolute atomic E-state index is 0.0407. The number of carbonyl (C=O) groups excluding carboxylic acids is 1. The van der Waals surface area contributed by atoms with Crippen molar-refractivity contribution in [3.05, 3.63) is 66.1 Å². The van der Waals surface area contributed by atoms with E-state index in [0.29, 0.717) is 18.8 Å². The zero-order valence-electron chi connectivity index (χ0n) is 13.6. The van der Waals surface area contributed by atoms with E-state index in [1.54, 1.807) is 16.9 Å². The maximum atomic E-state index is 12.9. The van der Waals surface area contributed by atoms with Crippen LogP contribution >= 0.6 is 0 Å². The zero-order chi connectivity index (χ0) is 16.5. The fourth-order valence-corrected chi connectivity index (χ4v) is 3.41. The first-order chi connectivity index (χ1) is 11.8. The third kappa shape index (κ3) is 2.54. The molecule has 6 heteroatoms. The normalized spacial score (nSPS) is 17.0. The molecule has 1 atom stereocenters. The molecule has 1 aliphatic rings. The molecule has 1 aliphatic heterocycles. The van der Waals surface area contributed by atoms with Crippen LogP contribution < -0.4 is 0 Å². The van der Waals surface area contributed by atoms with Gasteiger partial charge < -0.3 is 13.9 Å². The standard InChI is InChI=1S/C18H20N4O2/c1-2-15-16-5-3-9-20(16)11-12-22(15)18(23)17-7-6-14(24-17)13-21-10-4-8-19-21/h3-10,15H,2,11-13H2,1H3/t15-/m0/s1. The molecule has 0 aliphatic carbocycles. The highest BCUT2D eigenvalue weighted by atomic mass is 16.4. The van der Waals surface area contributed by atoms with E-state index in [2.05, 4.69) is 28.9 Å². The summed E-state index contributed by atoms with van der Waals surface area (Å²) in [6.45, 7) is 4.17. The van der Waals surface area contributed by atoms with E-state index in [0.717, 1.165) is 18.7 Å².